The van der Waals surface area contributed by atoms with Gasteiger partial charge in [-0.3, -0.25) is 9.59 Å². The van der Waals surface area contributed by atoms with E-state index in [2.05, 4.69) is 0 Å². The van der Waals surface area contributed by atoms with Crippen LogP contribution in [0.15, 0.2) is 0 Å². The van der Waals surface area contributed by atoms with Crippen LogP contribution in [0, 0.1) is 5.92 Å². The second-order valence-electron chi connectivity index (χ2n) is 6.47. The Morgan fingerprint density at radius 1 is 1.43 bits per heavy atom. The number of rotatable bonds is 6. The van der Waals surface area contributed by atoms with Crippen molar-refractivity contribution in [3.05, 3.63) is 0 Å². The molecule has 23 heavy (non-hydrogen) atoms. The zero-order valence-corrected chi connectivity index (χ0v) is 13.9. The first kappa shape index (κ1) is 19.3. The van der Waals surface area contributed by atoms with E-state index in [9.17, 15) is 26.7 Å². The molecule has 1 saturated heterocycles. The van der Waals surface area contributed by atoms with E-state index in [1.807, 2.05) is 0 Å². The fraction of sp³-hybridized carbons (Fsp3) is 0.769. The van der Waals surface area contributed by atoms with Gasteiger partial charge in [0, 0.05) is 18.9 Å². The molecule has 10 heteroatoms. The Bertz CT molecular complexity index is 596. The Balaban J connectivity index is 2.92. The summed E-state index contributed by atoms with van der Waals surface area (Å²) in [5.74, 6) is -4.47. The van der Waals surface area contributed by atoms with E-state index in [4.69, 9.17) is 9.84 Å². The van der Waals surface area contributed by atoms with Crippen molar-refractivity contribution in [1.29, 1.82) is 0 Å². The topological polar surface area (TPSA) is 118 Å². The summed E-state index contributed by atoms with van der Waals surface area (Å²) in [6, 6.07) is -1.37. The van der Waals surface area contributed by atoms with Gasteiger partial charge in [-0.25, -0.2) is 4.79 Å². The van der Waals surface area contributed by atoms with Crippen molar-refractivity contribution < 1.29 is 36.5 Å². The van der Waals surface area contributed by atoms with Crippen LogP contribution in [0.5, 0.6) is 0 Å². The number of aliphatic carboxylic acids is 1. The Labute approximate surface area is 133 Å². The highest BCUT2D eigenvalue weighted by atomic mass is 32.3. The third-order valence-electron chi connectivity index (χ3n) is 3.10. The van der Waals surface area contributed by atoms with Crippen LogP contribution in [0.3, 0.4) is 0 Å². The molecule has 1 aliphatic rings. The van der Waals surface area contributed by atoms with E-state index >= 15 is 0 Å². The molecule has 0 aromatic rings. The molecule has 1 N–H and O–H groups in total. The number of halogens is 1. The molecule has 132 valence electrons. The number of likely N-dealkylation sites (tertiary alicyclic amines) is 1. The summed E-state index contributed by atoms with van der Waals surface area (Å²) >= 11 is 0. The molecule has 1 rings (SSSR count). The molecule has 1 unspecified atom stereocenters. The van der Waals surface area contributed by atoms with E-state index in [0.717, 1.165) is 4.90 Å². The molecule has 0 aromatic heterocycles. The van der Waals surface area contributed by atoms with E-state index in [1.54, 1.807) is 20.8 Å². The molecular formula is C13H20FNO7S. The number of nitrogens with zero attached hydrogens (tertiary/aromatic N) is 1. The Hall–Kier alpha value is -1.71. The first-order valence-electron chi connectivity index (χ1n) is 6.95. The zero-order valence-electron chi connectivity index (χ0n) is 13.1. The van der Waals surface area contributed by atoms with E-state index < -0.39 is 57.8 Å². The van der Waals surface area contributed by atoms with Gasteiger partial charge in [0.2, 0.25) is 5.91 Å². The highest BCUT2D eigenvalue weighted by Gasteiger charge is 2.41. The average molecular weight is 353 g/mol. The number of hydrogen-bond acceptors (Lipinski definition) is 6. The molecule has 0 saturated carbocycles. The molecule has 0 aliphatic carbocycles. The lowest BCUT2D eigenvalue weighted by atomic mass is 10.1. The molecular weight excluding hydrogens is 333 g/mol. The second kappa shape index (κ2) is 6.81. The Morgan fingerprint density at radius 2 is 2.00 bits per heavy atom. The normalized spacial score (nSPS) is 20.4. The van der Waals surface area contributed by atoms with Gasteiger partial charge < -0.3 is 14.7 Å². The number of carboxylic acids is 1. The van der Waals surface area contributed by atoms with Gasteiger partial charge >= 0.3 is 22.2 Å². The third kappa shape index (κ3) is 6.51. The summed E-state index contributed by atoms with van der Waals surface area (Å²) in [5.41, 5.74) is -0.877. The van der Waals surface area contributed by atoms with E-state index in [-0.39, 0.29) is 13.0 Å². The number of carbonyl (C=O) groups is 3. The molecule has 1 amide bonds. The van der Waals surface area contributed by atoms with Crippen LogP contribution in [-0.2, 0) is 29.3 Å². The quantitative estimate of drug-likeness (QED) is 0.539. The van der Waals surface area contributed by atoms with Crippen LogP contribution in [0.2, 0.25) is 0 Å². The van der Waals surface area contributed by atoms with Crippen molar-refractivity contribution in [2.24, 2.45) is 5.92 Å². The molecule has 1 fully saturated rings. The third-order valence-corrected chi connectivity index (χ3v) is 3.97. The molecule has 0 spiro atoms. The van der Waals surface area contributed by atoms with Crippen LogP contribution >= 0.6 is 0 Å². The van der Waals surface area contributed by atoms with Crippen molar-refractivity contribution in [2.45, 2.75) is 45.3 Å². The van der Waals surface area contributed by atoms with Gasteiger partial charge in [-0.2, -0.15) is 8.42 Å². The predicted molar refractivity (Wildman–Crippen MR) is 76.6 cm³/mol. The average Bonchev–Trinajstić information content (AvgIpc) is 2.61. The van der Waals surface area contributed by atoms with Crippen molar-refractivity contribution in [2.75, 3.05) is 12.3 Å². The van der Waals surface area contributed by atoms with Gasteiger partial charge in [0.1, 0.15) is 11.6 Å². The second-order valence-corrected chi connectivity index (χ2v) is 7.88. The van der Waals surface area contributed by atoms with Crippen LogP contribution in [-0.4, -0.2) is 60.2 Å². The lowest BCUT2D eigenvalue weighted by molar-refractivity contribution is -0.166. The fourth-order valence-electron chi connectivity index (χ4n) is 2.36. The first-order valence-corrected chi connectivity index (χ1v) is 8.50. The number of hydrogen-bond donors (Lipinski definition) is 1. The lowest BCUT2D eigenvalue weighted by Crippen LogP contribution is -2.46. The van der Waals surface area contributed by atoms with Crippen molar-refractivity contribution >= 4 is 28.1 Å². The molecule has 8 nitrogen and oxygen atoms in total. The molecule has 1 aliphatic heterocycles. The maximum atomic E-state index is 12.7. The van der Waals surface area contributed by atoms with Crippen molar-refractivity contribution in [3.63, 3.8) is 0 Å². The number of amides is 1. The maximum absolute atomic E-state index is 12.7. The van der Waals surface area contributed by atoms with Crippen LogP contribution < -0.4 is 0 Å². The zero-order chi connectivity index (χ0) is 18.0. The molecule has 0 radical (unpaired) electrons. The van der Waals surface area contributed by atoms with Crippen LogP contribution in [0.4, 0.5) is 3.89 Å². The number of ether oxygens (including phenoxy) is 1. The first-order chi connectivity index (χ1) is 10.3. The predicted octanol–water partition coefficient (Wildman–Crippen LogP) is 0.319. The minimum atomic E-state index is -4.76. The molecule has 1 heterocycles. The monoisotopic (exact) mass is 353 g/mol. The van der Waals surface area contributed by atoms with Gasteiger partial charge in [0.25, 0.3) is 0 Å². The summed E-state index contributed by atoms with van der Waals surface area (Å²) in [6.45, 7) is 4.56. The van der Waals surface area contributed by atoms with Gasteiger partial charge in [-0.05, 0) is 20.8 Å². The summed E-state index contributed by atoms with van der Waals surface area (Å²) < 4.78 is 39.2. The van der Waals surface area contributed by atoms with Crippen LogP contribution in [0.25, 0.3) is 0 Å². The Morgan fingerprint density at radius 3 is 2.43 bits per heavy atom. The standard InChI is InChI=1S/C13H20FNO7S/c1-13(2,3)22-12(19)9(5-11(17)18)15-6-8(4-10(15)16)7-23(14,20)21/h8-9H,4-7H2,1-3H3,(H,17,18)/t8?,9-/m0/s1. The maximum Gasteiger partial charge on any atom is 0.329 e. The fourth-order valence-corrected chi connectivity index (χ4v) is 3.15. The minimum Gasteiger partial charge on any atom is -0.481 e. The van der Waals surface area contributed by atoms with Gasteiger partial charge in [-0.15, -0.1) is 3.89 Å². The van der Waals surface area contributed by atoms with Gasteiger partial charge in [0.05, 0.1) is 12.2 Å². The molecule has 0 bridgehead atoms. The Kier molecular flexibility index (Phi) is 5.73. The number of carbonyl (C=O) groups excluding carboxylic acids is 2. The highest BCUT2D eigenvalue weighted by Crippen LogP contribution is 2.25. The van der Waals surface area contributed by atoms with Gasteiger partial charge in [-0.1, -0.05) is 0 Å². The molecule has 0 aromatic carbocycles. The lowest BCUT2D eigenvalue weighted by Gasteiger charge is -2.29. The minimum absolute atomic E-state index is 0.209. The summed E-state index contributed by atoms with van der Waals surface area (Å²) in [6.07, 6.45) is -0.933. The smallest absolute Gasteiger partial charge is 0.329 e. The summed E-state index contributed by atoms with van der Waals surface area (Å²) in [7, 11) is -4.76. The highest BCUT2D eigenvalue weighted by molar-refractivity contribution is 7.86. The van der Waals surface area contributed by atoms with Crippen LogP contribution in [0.1, 0.15) is 33.6 Å². The SMILES string of the molecule is CC(C)(C)OC(=O)[C@H](CC(=O)O)N1CC(CS(=O)(=O)F)CC1=O. The summed E-state index contributed by atoms with van der Waals surface area (Å²) in [5, 5.41) is 8.93. The van der Waals surface area contributed by atoms with Crippen molar-refractivity contribution in [3.8, 4) is 0 Å². The van der Waals surface area contributed by atoms with E-state index in [0.29, 0.717) is 0 Å². The van der Waals surface area contributed by atoms with Crippen molar-refractivity contribution in [1.82, 2.24) is 4.90 Å². The van der Waals surface area contributed by atoms with Gasteiger partial charge in [0.15, 0.2) is 0 Å². The molecule has 2 atom stereocenters. The number of esters is 1. The largest absolute Gasteiger partial charge is 0.481 e. The van der Waals surface area contributed by atoms with E-state index in [1.165, 1.54) is 0 Å². The number of carboxylic acid groups (broad SMARTS) is 1. The summed E-state index contributed by atoms with van der Waals surface area (Å²) in [4.78, 5) is 36.0.